The summed E-state index contributed by atoms with van der Waals surface area (Å²) >= 11 is 0. The van der Waals surface area contributed by atoms with Gasteiger partial charge in [-0.15, -0.1) is 0 Å². The first-order valence-electron chi connectivity index (χ1n) is 21.0. The summed E-state index contributed by atoms with van der Waals surface area (Å²) in [6.45, 7) is 0. The third-order valence-corrected chi connectivity index (χ3v) is 12.4. The van der Waals surface area contributed by atoms with Crippen LogP contribution in [0, 0.1) is 0 Å². The molecule has 0 unspecified atom stereocenters. The van der Waals surface area contributed by atoms with Crippen molar-refractivity contribution in [3.05, 3.63) is 247 Å². The maximum absolute atomic E-state index is 6.78. The Hall–Kier alpha value is -8.21. The Morgan fingerprint density at radius 2 is 0.806 bits per heavy atom. The SMILES string of the molecule is c1ccc(-c2cccc(-c3nc(-c4ccccc4)nc(-c4ccc(-c5cccc6oc7cc(C8(c9ccccc9)c9ccccc9-c9ccccc98)ccc7c56)cc4)n3)c2)cc1. The highest BCUT2D eigenvalue weighted by Gasteiger charge is 2.46. The zero-order valence-corrected chi connectivity index (χ0v) is 33.6. The van der Waals surface area contributed by atoms with Gasteiger partial charge in [0.2, 0.25) is 0 Å². The van der Waals surface area contributed by atoms with Crippen molar-refractivity contribution in [1.29, 1.82) is 0 Å². The summed E-state index contributed by atoms with van der Waals surface area (Å²) in [6, 6.07) is 79.2. The van der Waals surface area contributed by atoms with Crippen molar-refractivity contribution in [3.63, 3.8) is 0 Å². The highest BCUT2D eigenvalue weighted by atomic mass is 16.3. The summed E-state index contributed by atoms with van der Waals surface area (Å²) in [7, 11) is 0. The molecule has 1 aliphatic rings. The summed E-state index contributed by atoms with van der Waals surface area (Å²) in [5.74, 6) is 1.88. The number of rotatable bonds is 7. The average molecular weight is 792 g/mol. The van der Waals surface area contributed by atoms with Gasteiger partial charge in [-0.25, -0.2) is 15.0 Å². The lowest BCUT2D eigenvalue weighted by molar-refractivity contribution is 0.665. The highest BCUT2D eigenvalue weighted by Crippen LogP contribution is 2.56. The van der Waals surface area contributed by atoms with Crippen LogP contribution in [0.1, 0.15) is 22.3 Å². The van der Waals surface area contributed by atoms with E-state index in [2.05, 4.69) is 188 Å². The molecule has 0 fully saturated rings. The van der Waals surface area contributed by atoms with Crippen molar-refractivity contribution >= 4 is 21.9 Å². The largest absolute Gasteiger partial charge is 0.456 e. The van der Waals surface area contributed by atoms with Crippen molar-refractivity contribution in [2.24, 2.45) is 0 Å². The van der Waals surface area contributed by atoms with Crippen LogP contribution in [0.5, 0.6) is 0 Å². The molecule has 0 radical (unpaired) electrons. The quantitative estimate of drug-likeness (QED) is 0.161. The predicted molar refractivity (Wildman–Crippen MR) is 252 cm³/mol. The molecule has 4 nitrogen and oxygen atoms in total. The normalized spacial score (nSPS) is 12.6. The van der Waals surface area contributed by atoms with Crippen molar-refractivity contribution in [1.82, 2.24) is 15.0 Å². The van der Waals surface area contributed by atoms with Crippen LogP contribution < -0.4 is 0 Å². The molecule has 0 bridgehead atoms. The fourth-order valence-corrected chi connectivity index (χ4v) is 9.63. The van der Waals surface area contributed by atoms with Crippen molar-refractivity contribution in [2.75, 3.05) is 0 Å². The molecule has 2 aromatic heterocycles. The molecular weight excluding hydrogens is 755 g/mol. The molecule has 2 heterocycles. The fourth-order valence-electron chi connectivity index (χ4n) is 9.63. The van der Waals surface area contributed by atoms with Gasteiger partial charge in [0.25, 0.3) is 0 Å². The van der Waals surface area contributed by atoms with Crippen LogP contribution in [-0.2, 0) is 5.41 Å². The first kappa shape index (κ1) is 35.7. The van der Waals surface area contributed by atoms with Gasteiger partial charge in [0.15, 0.2) is 17.5 Å². The van der Waals surface area contributed by atoms with E-state index in [9.17, 15) is 0 Å². The standard InChI is InChI=1S/C58H37N3O/c1-4-16-38(17-5-1)42-20-14-21-43(36-42)57-60-55(40-18-6-2-7-19-40)59-56(61-57)41-32-30-39(31-33-41)46-26-15-29-52-54(46)49-35-34-45(37-53(49)62-52)58(44-22-8-3-9-23-44)50-27-12-10-24-47(50)48-25-11-13-28-51(48)58/h1-37H. The van der Waals surface area contributed by atoms with Gasteiger partial charge >= 0.3 is 0 Å². The molecule has 4 heteroatoms. The summed E-state index contributed by atoms with van der Waals surface area (Å²) in [5.41, 5.74) is 15.9. The van der Waals surface area contributed by atoms with Gasteiger partial charge in [-0.3, -0.25) is 0 Å². The predicted octanol–water partition coefficient (Wildman–Crippen LogP) is 14.5. The number of nitrogens with zero attached hydrogens (tertiary/aromatic N) is 3. The number of hydrogen-bond acceptors (Lipinski definition) is 4. The minimum absolute atomic E-state index is 0.500. The van der Waals surface area contributed by atoms with Gasteiger partial charge in [0.1, 0.15) is 11.2 Å². The van der Waals surface area contributed by atoms with Crippen LogP contribution >= 0.6 is 0 Å². The lowest BCUT2D eigenvalue weighted by Gasteiger charge is -2.33. The van der Waals surface area contributed by atoms with E-state index in [0.717, 1.165) is 60.9 Å². The Morgan fingerprint density at radius 1 is 0.306 bits per heavy atom. The van der Waals surface area contributed by atoms with E-state index >= 15 is 0 Å². The summed E-state index contributed by atoms with van der Waals surface area (Å²) < 4.78 is 6.78. The Bertz CT molecular complexity index is 3400. The van der Waals surface area contributed by atoms with Gasteiger partial charge in [-0.2, -0.15) is 0 Å². The second kappa shape index (κ2) is 14.5. The maximum atomic E-state index is 6.78. The third kappa shape index (κ3) is 5.72. The smallest absolute Gasteiger partial charge is 0.164 e. The number of benzene rings is 9. The second-order valence-electron chi connectivity index (χ2n) is 15.9. The van der Waals surface area contributed by atoms with Gasteiger partial charge in [0, 0.05) is 27.5 Å². The zero-order valence-electron chi connectivity index (χ0n) is 33.6. The first-order valence-corrected chi connectivity index (χ1v) is 21.0. The van der Waals surface area contributed by atoms with Crippen LogP contribution in [0.15, 0.2) is 229 Å². The van der Waals surface area contributed by atoms with Crippen molar-refractivity contribution in [3.8, 4) is 67.5 Å². The minimum atomic E-state index is -0.500. The Morgan fingerprint density at radius 3 is 1.48 bits per heavy atom. The van der Waals surface area contributed by atoms with Gasteiger partial charge in [0.05, 0.1) is 5.41 Å². The van der Waals surface area contributed by atoms with E-state index in [0.29, 0.717) is 17.5 Å². The van der Waals surface area contributed by atoms with E-state index in [4.69, 9.17) is 19.4 Å². The monoisotopic (exact) mass is 791 g/mol. The molecule has 0 atom stereocenters. The topological polar surface area (TPSA) is 51.8 Å². The van der Waals surface area contributed by atoms with E-state index < -0.39 is 5.41 Å². The molecule has 0 spiro atoms. The molecule has 12 rings (SSSR count). The Kier molecular flexibility index (Phi) is 8.36. The number of aromatic nitrogens is 3. The van der Waals surface area contributed by atoms with E-state index in [1.165, 1.54) is 33.4 Å². The van der Waals surface area contributed by atoms with Crippen LogP contribution in [0.3, 0.4) is 0 Å². The summed E-state index contributed by atoms with van der Waals surface area (Å²) in [5, 5.41) is 2.17. The van der Waals surface area contributed by atoms with E-state index in [-0.39, 0.29) is 0 Å². The Balaban J connectivity index is 0.958. The minimum Gasteiger partial charge on any atom is -0.456 e. The Labute approximate surface area is 359 Å². The number of hydrogen-bond donors (Lipinski definition) is 0. The third-order valence-electron chi connectivity index (χ3n) is 12.4. The molecule has 0 N–H and O–H groups in total. The summed E-state index contributed by atoms with van der Waals surface area (Å²) in [6.07, 6.45) is 0. The first-order chi connectivity index (χ1) is 30.7. The molecule has 0 saturated heterocycles. The van der Waals surface area contributed by atoms with Crippen molar-refractivity contribution in [2.45, 2.75) is 5.41 Å². The zero-order chi connectivity index (χ0) is 41.0. The molecule has 290 valence electrons. The average Bonchev–Trinajstić information content (AvgIpc) is 3.88. The maximum Gasteiger partial charge on any atom is 0.164 e. The van der Waals surface area contributed by atoms with E-state index in [1.807, 2.05) is 36.4 Å². The highest BCUT2D eigenvalue weighted by molar-refractivity contribution is 6.12. The van der Waals surface area contributed by atoms with Gasteiger partial charge < -0.3 is 4.42 Å². The molecule has 62 heavy (non-hydrogen) atoms. The van der Waals surface area contributed by atoms with Crippen molar-refractivity contribution < 1.29 is 4.42 Å². The van der Waals surface area contributed by atoms with E-state index in [1.54, 1.807) is 0 Å². The molecule has 9 aromatic carbocycles. The molecule has 11 aromatic rings. The van der Waals surface area contributed by atoms with Crippen LogP contribution in [-0.4, -0.2) is 15.0 Å². The fraction of sp³-hybridized carbons (Fsp3) is 0.0172. The van der Waals surface area contributed by atoms with Crippen LogP contribution in [0.25, 0.3) is 89.5 Å². The molecule has 1 aliphatic carbocycles. The van der Waals surface area contributed by atoms with Gasteiger partial charge in [-0.05, 0) is 73.8 Å². The van der Waals surface area contributed by atoms with Gasteiger partial charge in [-0.1, -0.05) is 206 Å². The summed E-state index contributed by atoms with van der Waals surface area (Å²) in [4.78, 5) is 15.1. The lowest BCUT2D eigenvalue weighted by atomic mass is 9.67. The second-order valence-corrected chi connectivity index (χ2v) is 15.9. The number of fused-ring (bicyclic) bond motifs is 6. The van der Waals surface area contributed by atoms with Crippen LogP contribution in [0.2, 0.25) is 0 Å². The molecular formula is C58H37N3O. The molecule has 0 saturated carbocycles. The molecule has 0 aliphatic heterocycles. The molecule has 0 amide bonds. The lowest BCUT2D eigenvalue weighted by Crippen LogP contribution is -2.28. The van der Waals surface area contributed by atoms with Crippen LogP contribution in [0.4, 0.5) is 0 Å². The number of furan rings is 1.